The van der Waals surface area contributed by atoms with Gasteiger partial charge in [0.25, 0.3) is 0 Å². The molecule has 1 saturated heterocycles. The van der Waals surface area contributed by atoms with Crippen molar-refractivity contribution < 1.29 is 4.79 Å². The van der Waals surface area contributed by atoms with Crippen molar-refractivity contribution >= 4 is 11.6 Å². The fraction of sp³-hybridized carbons (Fsp3) is 0.300. The molecule has 1 aliphatic heterocycles. The zero-order valence-corrected chi connectivity index (χ0v) is 14.4. The third kappa shape index (κ3) is 3.81. The maximum atomic E-state index is 11.2. The second-order valence-electron chi connectivity index (χ2n) is 6.35. The number of hydrogen-bond acceptors (Lipinski definition) is 4. The summed E-state index contributed by atoms with van der Waals surface area (Å²) in [5, 5.41) is 9.07. The van der Waals surface area contributed by atoms with Gasteiger partial charge in [-0.25, -0.2) is 0 Å². The van der Waals surface area contributed by atoms with Crippen LogP contribution in [0.25, 0.3) is 0 Å². The van der Waals surface area contributed by atoms with Gasteiger partial charge >= 0.3 is 0 Å². The number of nitrogens with zero attached hydrogens (tertiary/aromatic N) is 3. The topological polar surface area (TPSA) is 73.4 Å². The molecule has 2 N–H and O–H groups in total. The van der Waals surface area contributed by atoms with E-state index < -0.39 is 5.91 Å². The van der Waals surface area contributed by atoms with E-state index in [-0.39, 0.29) is 6.04 Å². The Balaban J connectivity index is 1.63. The molecule has 1 unspecified atom stereocenters. The van der Waals surface area contributed by atoms with Crippen molar-refractivity contribution in [3.05, 3.63) is 65.2 Å². The second-order valence-corrected chi connectivity index (χ2v) is 6.35. The summed E-state index contributed by atoms with van der Waals surface area (Å²) in [5.74, 6) is -0.398. The Labute approximate surface area is 148 Å². The van der Waals surface area contributed by atoms with E-state index in [4.69, 9.17) is 11.0 Å². The van der Waals surface area contributed by atoms with Gasteiger partial charge in [-0.05, 0) is 48.9 Å². The summed E-state index contributed by atoms with van der Waals surface area (Å²) in [6.45, 7) is 5.95. The summed E-state index contributed by atoms with van der Waals surface area (Å²) < 4.78 is 0. The number of primary amides is 1. The lowest BCUT2D eigenvalue weighted by Crippen LogP contribution is -2.47. The van der Waals surface area contributed by atoms with Crippen LogP contribution in [0.4, 0.5) is 5.69 Å². The highest BCUT2D eigenvalue weighted by atomic mass is 16.1. The van der Waals surface area contributed by atoms with Crippen LogP contribution in [0.15, 0.2) is 48.5 Å². The summed E-state index contributed by atoms with van der Waals surface area (Å²) >= 11 is 0. The van der Waals surface area contributed by atoms with Crippen molar-refractivity contribution in [2.45, 2.75) is 13.0 Å². The molecule has 1 fully saturated rings. The highest BCUT2D eigenvalue weighted by Gasteiger charge is 2.22. The van der Waals surface area contributed by atoms with Crippen LogP contribution in [0.3, 0.4) is 0 Å². The number of amides is 1. The summed E-state index contributed by atoms with van der Waals surface area (Å²) in [7, 11) is 0. The normalized spacial score (nSPS) is 16.2. The van der Waals surface area contributed by atoms with Crippen LogP contribution in [0.1, 0.15) is 34.5 Å². The number of carbonyl (C=O) groups excluding carboxylic acids is 1. The predicted molar refractivity (Wildman–Crippen MR) is 98.3 cm³/mol. The Morgan fingerprint density at radius 3 is 2.40 bits per heavy atom. The van der Waals surface area contributed by atoms with Crippen molar-refractivity contribution in [1.29, 1.82) is 5.26 Å². The summed E-state index contributed by atoms with van der Waals surface area (Å²) in [5.41, 5.74) is 8.83. The van der Waals surface area contributed by atoms with Crippen LogP contribution in [0, 0.1) is 11.3 Å². The summed E-state index contributed by atoms with van der Waals surface area (Å²) in [4.78, 5) is 15.9. The minimum atomic E-state index is -0.398. The van der Waals surface area contributed by atoms with E-state index in [2.05, 4.69) is 28.9 Å². The molecule has 0 saturated carbocycles. The standard InChI is InChI=1S/C20H22N4O/c1-15(18-4-2-3-16(13-18)14-21)23-9-11-24(12-10-23)19-7-5-17(6-8-19)20(22)25/h2-8,13,15H,9-12H2,1H3,(H2,22,25). The Morgan fingerprint density at radius 1 is 1.12 bits per heavy atom. The van der Waals surface area contributed by atoms with Crippen molar-refractivity contribution in [2.24, 2.45) is 5.73 Å². The molecule has 1 amide bonds. The first kappa shape index (κ1) is 17.0. The van der Waals surface area contributed by atoms with E-state index >= 15 is 0 Å². The van der Waals surface area contributed by atoms with Gasteiger partial charge in [-0.15, -0.1) is 0 Å². The van der Waals surface area contributed by atoms with E-state index in [1.54, 1.807) is 12.1 Å². The zero-order chi connectivity index (χ0) is 17.8. The highest BCUT2D eigenvalue weighted by Crippen LogP contribution is 2.24. The van der Waals surface area contributed by atoms with Gasteiger partial charge in [0.05, 0.1) is 11.6 Å². The quantitative estimate of drug-likeness (QED) is 0.932. The van der Waals surface area contributed by atoms with Gasteiger partial charge < -0.3 is 10.6 Å². The number of hydrogen-bond donors (Lipinski definition) is 1. The summed E-state index contributed by atoms with van der Waals surface area (Å²) in [6.07, 6.45) is 0. The lowest BCUT2D eigenvalue weighted by molar-refractivity contribution is 0.100. The van der Waals surface area contributed by atoms with Gasteiger partial charge in [0, 0.05) is 43.5 Å². The molecule has 1 aliphatic rings. The summed E-state index contributed by atoms with van der Waals surface area (Å²) in [6, 6.07) is 17.8. The number of piperazine rings is 1. The highest BCUT2D eigenvalue weighted by molar-refractivity contribution is 5.93. The number of nitriles is 1. The average molecular weight is 334 g/mol. The van der Waals surface area contributed by atoms with Gasteiger partial charge in [-0.3, -0.25) is 9.69 Å². The molecule has 5 nitrogen and oxygen atoms in total. The number of anilines is 1. The van der Waals surface area contributed by atoms with E-state index in [0.717, 1.165) is 31.9 Å². The molecule has 128 valence electrons. The first-order valence-corrected chi connectivity index (χ1v) is 8.47. The van der Waals surface area contributed by atoms with Crippen molar-refractivity contribution in [3.63, 3.8) is 0 Å². The Kier molecular flexibility index (Phi) is 5.01. The molecule has 1 atom stereocenters. The SMILES string of the molecule is CC(c1cccc(C#N)c1)N1CCN(c2ccc(C(N)=O)cc2)CC1. The monoisotopic (exact) mass is 334 g/mol. The Bertz CT molecular complexity index is 786. The molecule has 0 spiro atoms. The molecule has 0 radical (unpaired) electrons. The first-order valence-electron chi connectivity index (χ1n) is 8.47. The Hall–Kier alpha value is -2.84. The maximum Gasteiger partial charge on any atom is 0.248 e. The van der Waals surface area contributed by atoms with E-state index in [0.29, 0.717) is 11.1 Å². The van der Waals surface area contributed by atoms with Gasteiger partial charge in [0.2, 0.25) is 5.91 Å². The van der Waals surface area contributed by atoms with E-state index in [1.807, 2.05) is 30.3 Å². The van der Waals surface area contributed by atoms with Crippen LogP contribution in [-0.4, -0.2) is 37.0 Å². The molecule has 0 aromatic heterocycles. The molecule has 1 heterocycles. The van der Waals surface area contributed by atoms with E-state index in [9.17, 15) is 4.79 Å². The molecule has 25 heavy (non-hydrogen) atoms. The lowest BCUT2D eigenvalue weighted by Gasteiger charge is -2.39. The van der Waals surface area contributed by atoms with Crippen LogP contribution in [-0.2, 0) is 0 Å². The second kappa shape index (κ2) is 7.37. The molecular formula is C20H22N4O. The molecular weight excluding hydrogens is 312 g/mol. The molecule has 5 heteroatoms. The van der Waals surface area contributed by atoms with Crippen molar-refractivity contribution in [2.75, 3.05) is 31.1 Å². The predicted octanol–water partition coefficient (Wildman–Crippen LogP) is 2.54. The number of nitrogens with two attached hydrogens (primary N) is 1. The molecule has 3 rings (SSSR count). The number of carbonyl (C=O) groups is 1. The maximum absolute atomic E-state index is 11.2. The molecule has 0 aliphatic carbocycles. The third-order valence-electron chi connectivity index (χ3n) is 4.88. The molecule has 2 aromatic carbocycles. The van der Waals surface area contributed by atoms with Crippen molar-refractivity contribution in [3.8, 4) is 6.07 Å². The Morgan fingerprint density at radius 2 is 1.80 bits per heavy atom. The van der Waals surface area contributed by atoms with Crippen LogP contribution < -0.4 is 10.6 Å². The van der Waals surface area contributed by atoms with Crippen LogP contribution in [0.2, 0.25) is 0 Å². The van der Waals surface area contributed by atoms with E-state index in [1.165, 1.54) is 5.56 Å². The first-order chi connectivity index (χ1) is 12.1. The van der Waals surface area contributed by atoms with Gasteiger partial charge in [0.15, 0.2) is 0 Å². The van der Waals surface area contributed by atoms with Gasteiger partial charge in [0.1, 0.15) is 0 Å². The lowest BCUT2D eigenvalue weighted by atomic mass is 10.0. The zero-order valence-electron chi connectivity index (χ0n) is 14.4. The van der Waals surface area contributed by atoms with Crippen LogP contribution >= 0.6 is 0 Å². The minimum absolute atomic E-state index is 0.285. The average Bonchev–Trinajstić information content (AvgIpc) is 2.67. The largest absolute Gasteiger partial charge is 0.369 e. The molecule has 2 aromatic rings. The smallest absolute Gasteiger partial charge is 0.248 e. The van der Waals surface area contributed by atoms with Gasteiger partial charge in [-0.2, -0.15) is 5.26 Å². The number of benzene rings is 2. The fourth-order valence-corrected chi connectivity index (χ4v) is 3.28. The van der Waals surface area contributed by atoms with Gasteiger partial charge in [-0.1, -0.05) is 12.1 Å². The van der Waals surface area contributed by atoms with Crippen molar-refractivity contribution in [1.82, 2.24) is 4.90 Å². The molecule has 0 bridgehead atoms. The third-order valence-corrected chi connectivity index (χ3v) is 4.88. The minimum Gasteiger partial charge on any atom is -0.369 e. The number of rotatable bonds is 4. The fourth-order valence-electron chi connectivity index (χ4n) is 3.28. The van der Waals surface area contributed by atoms with Crippen LogP contribution in [0.5, 0.6) is 0 Å².